The summed E-state index contributed by atoms with van der Waals surface area (Å²) in [7, 11) is 1.61. The summed E-state index contributed by atoms with van der Waals surface area (Å²) in [6, 6.07) is 25.3. The summed E-state index contributed by atoms with van der Waals surface area (Å²) in [5, 5.41) is 3.00. The predicted octanol–water partition coefficient (Wildman–Crippen LogP) is 4.76. The van der Waals surface area contributed by atoms with Gasteiger partial charge in [-0.3, -0.25) is 9.59 Å². The predicted molar refractivity (Wildman–Crippen MR) is 133 cm³/mol. The van der Waals surface area contributed by atoms with Gasteiger partial charge in [-0.2, -0.15) is 0 Å². The van der Waals surface area contributed by atoms with Crippen molar-refractivity contribution in [1.82, 2.24) is 10.2 Å². The number of nitrogens with zero attached hydrogens (tertiary/aromatic N) is 1. The molecule has 0 aliphatic carbocycles. The normalized spacial score (nSPS) is 11.4. The minimum absolute atomic E-state index is 0.175. The zero-order valence-corrected chi connectivity index (χ0v) is 19.8. The zero-order chi connectivity index (χ0) is 24.2. The van der Waals surface area contributed by atoms with E-state index < -0.39 is 6.04 Å². The molecule has 0 fully saturated rings. The maximum absolute atomic E-state index is 13.5. The molecule has 0 radical (unpaired) electrons. The SMILES string of the molecule is CCCCNC(=O)[C@H](c1ccccc1)N(Cc1ccc(OC)cc1)C(=O)COc1ccccc1. The van der Waals surface area contributed by atoms with Crippen LogP contribution in [-0.4, -0.2) is 37.0 Å². The smallest absolute Gasteiger partial charge is 0.261 e. The summed E-state index contributed by atoms with van der Waals surface area (Å²) in [6.07, 6.45) is 1.84. The Morgan fingerprint density at radius 3 is 2.15 bits per heavy atom. The fourth-order valence-corrected chi connectivity index (χ4v) is 3.59. The van der Waals surface area contributed by atoms with Crippen LogP contribution in [-0.2, 0) is 16.1 Å². The van der Waals surface area contributed by atoms with Gasteiger partial charge in [0.2, 0.25) is 5.91 Å². The molecule has 0 saturated carbocycles. The molecule has 0 spiro atoms. The molecule has 6 nitrogen and oxygen atoms in total. The fourth-order valence-electron chi connectivity index (χ4n) is 3.59. The Kier molecular flexibility index (Phi) is 9.52. The van der Waals surface area contributed by atoms with Crippen molar-refractivity contribution >= 4 is 11.8 Å². The minimum atomic E-state index is -0.785. The van der Waals surface area contributed by atoms with Gasteiger partial charge in [-0.05, 0) is 41.8 Å². The van der Waals surface area contributed by atoms with E-state index in [1.54, 1.807) is 24.1 Å². The number of carbonyl (C=O) groups excluding carboxylic acids is 2. The Morgan fingerprint density at radius 2 is 1.53 bits per heavy atom. The molecule has 1 atom stereocenters. The summed E-state index contributed by atoms with van der Waals surface area (Å²) in [6.45, 7) is 2.71. The second-order valence-electron chi connectivity index (χ2n) is 7.93. The molecule has 0 aromatic heterocycles. The highest BCUT2D eigenvalue weighted by Gasteiger charge is 2.31. The molecule has 0 saturated heterocycles. The van der Waals surface area contributed by atoms with Crippen molar-refractivity contribution in [2.45, 2.75) is 32.4 Å². The minimum Gasteiger partial charge on any atom is -0.497 e. The highest BCUT2D eigenvalue weighted by atomic mass is 16.5. The van der Waals surface area contributed by atoms with E-state index in [-0.39, 0.29) is 25.0 Å². The molecule has 178 valence electrons. The molecule has 6 heteroatoms. The van der Waals surface area contributed by atoms with Gasteiger partial charge in [-0.1, -0.05) is 74.0 Å². The molecule has 34 heavy (non-hydrogen) atoms. The third kappa shape index (κ3) is 7.10. The third-order valence-electron chi connectivity index (χ3n) is 5.44. The Morgan fingerprint density at radius 1 is 0.882 bits per heavy atom. The standard InChI is InChI=1S/C28H32N2O4/c1-3-4-19-29-28(32)27(23-11-7-5-8-12-23)30(20-22-15-17-24(33-2)18-16-22)26(31)21-34-25-13-9-6-10-14-25/h5-18,27H,3-4,19-21H2,1-2H3,(H,29,32)/t27-/m0/s1. The van der Waals surface area contributed by atoms with E-state index in [1.165, 1.54) is 0 Å². The average molecular weight is 461 g/mol. The Balaban J connectivity index is 1.90. The van der Waals surface area contributed by atoms with Crippen molar-refractivity contribution in [3.05, 3.63) is 96.1 Å². The highest BCUT2D eigenvalue weighted by molar-refractivity contribution is 5.89. The molecule has 0 unspecified atom stereocenters. The van der Waals surface area contributed by atoms with E-state index in [9.17, 15) is 9.59 Å². The van der Waals surface area contributed by atoms with E-state index in [4.69, 9.17) is 9.47 Å². The molecule has 3 aromatic rings. The second-order valence-corrected chi connectivity index (χ2v) is 7.93. The lowest BCUT2D eigenvalue weighted by Gasteiger charge is -2.31. The first-order chi connectivity index (χ1) is 16.6. The quantitative estimate of drug-likeness (QED) is 0.396. The first-order valence-corrected chi connectivity index (χ1v) is 11.5. The van der Waals surface area contributed by atoms with E-state index in [1.807, 2.05) is 72.8 Å². The van der Waals surface area contributed by atoms with Gasteiger partial charge in [0.25, 0.3) is 5.91 Å². The third-order valence-corrected chi connectivity index (χ3v) is 5.44. The summed E-state index contributed by atoms with van der Waals surface area (Å²) < 4.78 is 11.0. The lowest BCUT2D eigenvalue weighted by atomic mass is 10.0. The van der Waals surface area contributed by atoms with Gasteiger partial charge in [0.15, 0.2) is 6.61 Å². The van der Waals surface area contributed by atoms with Crippen molar-refractivity contribution in [3.8, 4) is 11.5 Å². The van der Waals surface area contributed by atoms with Crippen LogP contribution in [0.4, 0.5) is 0 Å². The van der Waals surface area contributed by atoms with Gasteiger partial charge < -0.3 is 19.7 Å². The number of benzene rings is 3. The van der Waals surface area contributed by atoms with Crippen LogP contribution in [0.3, 0.4) is 0 Å². The second kappa shape index (κ2) is 13.0. The maximum atomic E-state index is 13.5. The molecule has 3 aromatic carbocycles. The maximum Gasteiger partial charge on any atom is 0.261 e. The van der Waals surface area contributed by atoms with Crippen molar-refractivity contribution < 1.29 is 19.1 Å². The van der Waals surface area contributed by atoms with Crippen molar-refractivity contribution in [2.24, 2.45) is 0 Å². The van der Waals surface area contributed by atoms with Crippen LogP contribution in [0.2, 0.25) is 0 Å². The molecule has 3 rings (SSSR count). The number of methoxy groups -OCH3 is 1. The molecule has 0 aliphatic rings. The van der Waals surface area contributed by atoms with Gasteiger partial charge in [-0.25, -0.2) is 0 Å². The molecular weight excluding hydrogens is 428 g/mol. The van der Waals surface area contributed by atoms with Crippen molar-refractivity contribution in [2.75, 3.05) is 20.3 Å². The zero-order valence-electron chi connectivity index (χ0n) is 19.8. The number of ether oxygens (including phenoxy) is 2. The lowest BCUT2D eigenvalue weighted by molar-refractivity contribution is -0.143. The van der Waals surface area contributed by atoms with Crippen molar-refractivity contribution in [1.29, 1.82) is 0 Å². The fraction of sp³-hybridized carbons (Fsp3) is 0.286. The number of para-hydroxylation sites is 1. The molecule has 1 N–H and O–H groups in total. The first kappa shape index (κ1) is 24.8. The molecule has 2 amide bonds. The Hall–Kier alpha value is -3.80. The van der Waals surface area contributed by atoms with Gasteiger partial charge in [0.1, 0.15) is 17.5 Å². The van der Waals surface area contributed by atoms with Crippen LogP contribution in [0.25, 0.3) is 0 Å². The topological polar surface area (TPSA) is 67.9 Å². The van der Waals surface area contributed by atoms with Gasteiger partial charge in [0.05, 0.1) is 7.11 Å². The van der Waals surface area contributed by atoms with Gasteiger partial charge in [0, 0.05) is 13.1 Å². The van der Waals surface area contributed by atoms with Crippen LogP contribution in [0.15, 0.2) is 84.9 Å². The van der Waals surface area contributed by atoms with E-state index in [0.29, 0.717) is 12.3 Å². The highest BCUT2D eigenvalue weighted by Crippen LogP contribution is 2.25. The monoisotopic (exact) mass is 460 g/mol. The van der Waals surface area contributed by atoms with Gasteiger partial charge in [-0.15, -0.1) is 0 Å². The Bertz CT molecular complexity index is 1020. The van der Waals surface area contributed by atoms with E-state index in [0.717, 1.165) is 29.7 Å². The van der Waals surface area contributed by atoms with Crippen LogP contribution < -0.4 is 14.8 Å². The van der Waals surface area contributed by atoms with Crippen molar-refractivity contribution in [3.63, 3.8) is 0 Å². The summed E-state index contributed by atoms with van der Waals surface area (Å²) >= 11 is 0. The molecule has 0 bridgehead atoms. The van der Waals surface area contributed by atoms with E-state index >= 15 is 0 Å². The summed E-state index contributed by atoms with van der Waals surface area (Å²) in [5.41, 5.74) is 1.63. The van der Waals surface area contributed by atoms with Crippen LogP contribution in [0.1, 0.15) is 36.9 Å². The van der Waals surface area contributed by atoms with E-state index in [2.05, 4.69) is 12.2 Å². The lowest BCUT2D eigenvalue weighted by Crippen LogP contribution is -2.45. The molecule has 0 aliphatic heterocycles. The number of unbranched alkanes of at least 4 members (excludes halogenated alkanes) is 1. The van der Waals surface area contributed by atoms with Crippen LogP contribution in [0, 0.1) is 0 Å². The number of carbonyl (C=O) groups is 2. The number of amides is 2. The average Bonchev–Trinajstić information content (AvgIpc) is 2.88. The van der Waals surface area contributed by atoms with Gasteiger partial charge >= 0.3 is 0 Å². The first-order valence-electron chi connectivity index (χ1n) is 11.5. The number of nitrogens with one attached hydrogen (secondary N) is 1. The van der Waals surface area contributed by atoms with Crippen LogP contribution >= 0.6 is 0 Å². The van der Waals surface area contributed by atoms with Crippen LogP contribution in [0.5, 0.6) is 11.5 Å². The Labute approximate surface area is 201 Å². The number of hydrogen-bond donors (Lipinski definition) is 1. The molecular formula is C28H32N2O4. The number of hydrogen-bond acceptors (Lipinski definition) is 4. The summed E-state index contributed by atoms with van der Waals surface area (Å²) in [5.74, 6) is 0.843. The molecule has 0 heterocycles. The number of rotatable bonds is 12. The largest absolute Gasteiger partial charge is 0.497 e. The summed E-state index contributed by atoms with van der Waals surface area (Å²) in [4.78, 5) is 28.4.